The zero-order chi connectivity index (χ0) is 30.6. The molecule has 0 heterocycles. The fourth-order valence-corrected chi connectivity index (χ4v) is 14.5. The van der Waals surface area contributed by atoms with Crippen molar-refractivity contribution in [2.24, 2.45) is 63.1 Å². The van der Waals surface area contributed by atoms with Crippen LogP contribution in [0.3, 0.4) is 0 Å². The fraction of sp³-hybridized carbons (Fsp3) is 0.973. The number of hydrogen-bond donors (Lipinski definition) is 3. The minimum atomic E-state index is -0.396. The first-order chi connectivity index (χ1) is 20.2. The lowest BCUT2D eigenvalue weighted by Crippen LogP contribution is -2.62. The second-order valence-corrected chi connectivity index (χ2v) is 18.6. The number of carbonyl (C=O) groups is 1. The van der Waals surface area contributed by atoms with E-state index in [1.165, 1.54) is 19.3 Å². The molecule has 244 valence electrons. The molecule has 8 aliphatic rings. The number of aliphatic hydroxyl groups excluding tert-OH is 3. The number of rotatable bonds is 7. The van der Waals surface area contributed by atoms with Crippen LogP contribution in [0.2, 0.25) is 0 Å². The quantitative estimate of drug-likeness (QED) is 0.224. The van der Waals surface area contributed by atoms with Crippen molar-refractivity contribution >= 4 is 5.97 Å². The Morgan fingerprint density at radius 3 is 2.30 bits per heavy atom. The van der Waals surface area contributed by atoms with Gasteiger partial charge in [-0.1, -0.05) is 34.6 Å². The molecule has 6 heteroatoms. The van der Waals surface area contributed by atoms with Crippen LogP contribution in [0.5, 0.6) is 0 Å². The van der Waals surface area contributed by atoms with Gasteiger partial charge in [-0.25, -0.2) is 0 Å². The van der Waals surface area contributed by atoms with Crippen LogP contribution in [0, 0.1) is 63.1 Å². The Hall–Kier alpha value is -0.690. The van der Waals surface area contributed by atoms with E-state index >= 15 is 0 Å². The molecule has 8 saturated carbocycles. The summed E-state index contributed by atoms with van der Waals surface area (Å²) in [6.07, 6.45) is 13.7. The second-order valence-electron chi connectivity index (χ2n) is 18.6. The van der Waals surface area contributed by atoms with Crippen molar-refractivity contribution in [1.29, 1.82) is 0 Å². The minimum absolute atomic E-state index is 0.0752. The third-order valence-electron chi connectivity index (χ3n) is 15.5. The molecule has 4 bridgehead atoms. The lowest BCUT2D eigenvalue weighted by Gasteiger charge is -2.64. The highest BCUT2D eigenvalue weighted by Crippen LogP contribution is 2.69. The normalized spacial score (nSPS) is 55.8. The van der Waals surface area contributed by atoms with E-state index in [1.807, 2.05) is 0 Å². The summed E-state index contributed by atoms with van der Waals surface area (Å²) in [4.78, 5) is 12.9. The van der Waals surface area contributed by atoms with Crippen molar-refractivity contribution in [1.82, 2.24) is 0 Å². The van der Waals surface area contributed by atoms with Crippen molar-refractivity contribution < 1.29 is 29.6 Å². The summed E-state index contributed by atoms with van der Waals surface area (Å²) in [6.45, 7) is 11.9. The molecule has 8 rings (SSSR count). The van der Waals surface area contributed by atoms with Crippen LogP contribution < -0.4 is 0 Å². The van der Waals surface area contributed by atoms with Gasteiger partial charge in [-0.15, -0.1) is 0 Å². The van der Waals surface area contributed by atoms with Crippen LogP contribution >= 0.6 is 0 Å². The molecule has 6 nitrogen and oxygen atoms in total. The summed E-state index contributed by atoms with van der Waals surface area (Å²) in [6, 6.07) is 0. The average molecular weight is 601 g/mol. The van der Waals surface area contributed by atoms with E-state index in [9.17, 15) is 20.1 Å². The fourth-order valence-electron chi connectivity index (χ4n) is 14.5. The Kier molecular flexibility index (Phi) is 7.49. The van der Waals surface area contributed by atoms with Crippen LogP contribution in [-0.4, -0.2) is 52.0 Å². The molecule has 0 aromatic heterocycles. The van der Waals surface area contributed by atoms with E-state index in [-0.39, 0.29) is 47.3 Å². The van der Waals surface area contributed by atoms with E-state index in [0.29, 0.717) is 46.8 Å². The standard InChI is InChI=1S/C37H60O6/c1-22(6-9-31(41)42-21-43-37-17-23-15-33(2,19-37)18-34(3,16-23)20-37)26-7-8-27-32-28(14-30(40)36(26,27)5)35(4)11-10-25(38)12-24(35)13-29(32)39/h22-30,32,38-40H,6-21H2,1-5H3. The average Bonchev–Trinajstić information content (AvgIpc) is 3.25. The van der Waals surface area contributed by atoms with Gasteiger partial charge in [0.25, 0.3) is 0 Å². The highest BCUT2D eigenvalue weighted by Gasteiger charge is 2.66. The minimum Gasteiger partial charge on any atom is -0.438 e. The molecule has 8 aliphatic carbocycles. The molecule has 0 radical (unpaired) electrons. The summed E-state index contributed by atoms with van der Waals surface area (Å²) in [5.41, 5.74) is 0.484. The summed E-state index contributed by atoms with van der Waals surface area (Å²) in [7, 11) is 0. The van der Waals surface area contributed by atoms with Crippen molar-refractivity contribution in [2.75, 3.05) is 6.79 Å². The smallest absolute Gasteiger partial charge is 0.307 e. The predicted molar refractivity (Wildman–Crippen MR) is 165 cm³/mol. The first-order valence-corrected chi connectivity index (χ1v) is 18.0. The van der Waals surface area contributed by atoms with E-state index in [0.717, 1.165) is 76.5 Å². The van der Waals surface area contributed by atoms with Gasteiger partial charge in [0.1, 0.15) is 0 Å². The maximum absolute atomic E-state index is 12.9. The van der Waals surface area contributed by atoms with Gasteiger partial charge in [0, 0.05) is 6.42 Å². The Balaban J connectivity index is 0.948. The Morgan fingerprint density at radius 2 is 1.60 bits per heavy atom. The van der Waals surface area contributed by atoms with Crippen LogP contribution in [0.1, 0.15) is 131 Å². The molecule has 3 N–H and O–H groups in total. The van der Waals surface area contributed by atoms with Gasteiger partial charge in [0.05, 0.1) is 23.9 Å². The van der Waals surface area contributed by atoms with Crippen LogP contribution in [0.4, 0.5) is 0 Å². The zero-order valence-corrected chi connectivity index (χ0v) is 27.7. The molecular weight excluding hydrogens is 540 g/mol. The van der Waals surface area contributed by atoms with E-state index in [4.69, 9.17) is 9.47 Å². The highest BCUT2D eigenvalue weighted by molar-refractivity contribution is 5.69. The molecular formula is C37H60O6. The SMILES string of the molecule is CC(CCC(=O)OCOC12CC3CC(C)(CC(C)(C3)C1)C2)C1CCC2C3C(O)CC4CC(O)CCC4(C)C3CC(O)C12C. The number of hydrogen-bond acceptors (Lipinski definition) is 6. The topological polar surface area (TPSA) is 96.2 Å². The number of esters is 1. The summed E-state index contributed by atoms with van der Waals surface area (Å²) in [5.74, 6) is 2.38. The molecule has 0 saturated heterocycles. The van der Waals surface area contributed by atoms with Crippen molar-refractivity contribution in [3.63, 3.8) is 0 Å². The third-order valence-corrected chi connectivity index (χ3v) is 15.5. The van der Waals surface area contributed by atoms with Crippen LogP contribution in [0.25, 0.3) is 0 Å². The first-order valence-electron chi connectivity index (χ1n) is 18.0. The summed E-state index contributed by atoms with van der Waals surface area (Å²) >= 11 is 0. The van der Waals surface area contributed by atoms with Gasteiger partial charge in [-0.05, 0) is 153 Å². The van der Waals surface area contributed by atoms with Gasteiger partial charge in [0.2, 0.25) is 0 Å². The van der Waals surface area contributed by atoms with Crippen LogP contribution in [-0.2, 0) is 14.3 Å². The number of aliphatic hydroxyl groups is 3. The molecule has 13 atom stereocenters. The predicted octanol–water partition coefficient (Wildman–Crippen LogP) is 6.63. The van der Waals surface area contributed by atoms with Gasteiger partial charge in [0.15, 0.2) is 6.79 Å². The van der Waals surface area contributed by atoms with Crippen molar-refractivity contribution in [3.05, 3.63) is 0 Å². The van der Waals surface area contributed by atoms with Gasteiger partial charge < -0.3 is 24.8 Å². The van der Waals surface area contributed by atoms with Crippen molar-refractivity contribution in [3.8, 4) is 0 Å². The highest BCUT2D eigenvalue weighted by atomic mass is 16.7. The Morgan fingerprint density at radius 1 is 0.884 bits per heavy atom. The Bertz CT molecular complexity index is 1070. The third kappa shape index (κ3) is 4.97. The zero-order valence-electron chi connectivity index (χ0n) is 27.7. The molecule has 0 aromatic carbocycles. The van der Waals surface area contributed by atoms with E-state index < -0.39 is 6.10 Å². The lowest BCUT2D eigenvalue weighted by atomic mass is 9.43. The molecule has 0 amide bonds. The van der Waals surface area contributed by atoms with Crippen LogP contribution in [0.15, 0.2) is 0 Å². The molecule has 43 heavy (non-hydrogen) atoms. The van der Waals surface area contributed by atoms with Gasteiger partial charge >= 0.3 is 5.97 Å². The first kappa shape index (κ1) is 30.9. The number of fused-ring (bicyclic) bond motifs is 5. The number of carbonyl (C=O) groups excluding carboxylic acids is 1. The summed E-state index contributed by atoms with van der Waals surface area (Å²) in [5, 5.41) is 33.8. The molecule has 0 spiro atoms. The maximum Gasteiger partial charge on any atom is 0.307 e. The molecule has 13 unspecified atom stereocenters. The largest absolute Gasteiger partial charge is 0.438 e. The molecule has 0 aliphatic heterocycles. The number of ether oxygens (including phenoxy) is 2. The van der Waals surface area contributed by atoms with E-state index in [1.54, 1.807) is 0 Å². The van der Waals surface area contributed by atoms with Gasteiger partial charge in [-0.3, -0.25) is 4.79 Å². The lowest BCUT2D eigenvalue weighted by molar-refractivity contribution is -0.242. The monoisotopic (exact) mass is 600 g/mol. The van der Waals surface area contributed by atoms with Gasteiger partial charge in [-0.2, -0.15) is 0 Å². The molecule has 8 fully saturated rings. The molecule has 0 aromatic rings. The Labute approximate surface area is 260 Å². The summed E-state index contributed by atoms with van der Waals surface area (Å²) < 4.78 is 12.2. The maximum atomic E-state index is 12.9. The van der Waals surface area contributed by atoms with Crippen molar-refractivity contribution in [2.45, 2.75) is 155 Å². The second kappa shape index (κ2) is 10.4. The van der Waals surface area contributed by atoms with E-state index in [2.05, 4.69) is 34.6 Å².